The molecule has 0 radical (unpaired) electrons. The second-order valence-electron chi connectivity index (χ2n) is 5.81. The van der Waals surface area contributed by atoms with E-state index in [4.69, 9.17) is 9.47 Å². The molecule has 8 heteroatoms. The lowest BCUT2D eigenvalue weighted by Gasteiger charge is -2.31. The number of rotatable bonds is 6. The molecule has 1 amide bonds. The van der Waals surface area contributed by atoms with Crippen molar-refractivity contribution in [3.8, 4) is 11.5 Å². The van der Waals surface area contributed by atoms with Crippen LogP contribution < -0.4 is 13.8 Å². The number of likely N-dealkylation sites (tertiary alicyclic amines) is 1. The number of ether oxygens (including phenoxy) is 2. The number of hydrogen-bond donors (Lipinski definition) is 0. The first-order valence-corrected chi connectivity index (χ1v) is 9.64. The molecule has 1 aliphatic rings. The molecule has 0 N–H and O–H groups in total. The van der Waals surface area contributed by atoms with E-state index >= 15 is 0 Å². The van der Waals surface area contributed by atoms with Gasteiger partial charge in [0, 0.05) is 19.2 Å². The van der Waals surface area contributed by atoms with Crippen molar-refractivity contribution in [3.63, 3.8) is 0 Å². The van der Waals surface area contributed by atoms with Gasteiger partial charge in [0.2, 0.25) is 15.9 Å². The number of methoxy groups -OCH3 is 2. The summed E-state index contributed by atoms with van der Waals surface area (Å²) in [6.45, 7) is 2.96. The van der Waals surface area contributed by atoms with E-state index in [1.807, 2.05) is 0 Å². The second kappa shape index (κ2) is 7.29. The SMILES string of the molecule is COc1ccc(N(C(C)C(=O)N2CCCC2)S(C)(=O)=O)cc1OC. The summed E-state index contributed by atoms with van der Waals surface area (Å²) >= 11 is 0. The normalized spacial score (nSPS) is 15.9. The maximum absolute atomic E-state index is 12.6. The molecule has 0 aliphatic carbocycles. The fourth-order valence-corrected chi connectivity index (χ4v) is 4.13. The minimum atomic E-state index is -3.65. The van der Waals surface area contributed by atoms with Crippen LogP contribution in [0.3, 0.4) is 0 Å². The zero-order chi connectivity index (χ0) is 17.9. The number of carbonyl (C=O) groups excluding carboxylic acids is 1. The summed E-state index contributed by atoms with van der Waals surface area (Å²) < 4.78 is 36.2. The van der Waals surface area contributed by atoms with Crippen LogP contribution in [0.4, 0.5) is 5.69 Å². The summed E-state index contributed by atoms with van der Waals surface area (Å²) in [4.78, 5) is 14.4. The fraction of sp³-hybridized carbons (Fsp3) is 0.562. The zero-order valence-corrected chi connectivity index (χ0v) is 15.3. The van der Waals surface area contributed by atoms with Crippen molar-refractivity contribution in [1.29, 1.82) is 0 Å². The molecular weight excluding hydrogens is 332 g/mol. The number of nitrogens with zero attached hydrogens (tertiary/aromatic N) is 2. The third-order valence-corrected chi connectivity index (χ3v) is 5.35. The van der Waals surface area contributed by atoms with Crippen molar-refractivity contribution in [2.75, 3.05) is 37.9 Å². The Bertz CT molecular complexity index is 698. The van der Waals surface area contributed by atoms with Crippen molar-refractivity contribution in [2.45, 2.75) is 25.8 Å². The Morgan fingerprint density at radius 3 is 2.25 bits per heavy atom. The Kier molecular flexibility index (Phi) is 5.58. The molecule has 1 heterocycles. The molecular formula is C16H24N2O5S. The van der Waals surface area contributed by atoms with Gasteiger partial charge >= 0.3 is 0 Å². The van der Waals surface area contributed by atoms with Crippen LogP contribution in [0.15, 0.2) is 18.2 Å². The number of carbonyl (C=O) groups is 1. The van der Waals surface area contributed by atoms with E-state index in [0.29, 0.717) is 30.3 Å². The van der Waals surface area contributed by atoms with Crippen molar-refractivity contribution in [1.82, 2.24) is 4.90 Å². The Balaban J connectivity index is 2.40. The number of hydrogen-bond acceptors (Lipinski definition) is 5. The van der Waals surface area contributed by atoms with Crippen LogP contribution in [0.5, 0.6) is 11.5 Å². The molecule has 0 spiro atoms. The van der Waals surface area contributed by atoms with Crippen molar-refractivity contribution in [2.24, 2.45) is 0 Å². The smallest absolute Gasteiger partial charge is 0.246 e. The lowest BCUT2D eigenvalue weighted by molar-refractivity contribution is -0.130. The van der Waals surface area contributed by atoms with E-state index in [2.05, 4.69) is 0 Å². The monoisotopic (exact) mass is 356 g/mol. The first-order valence-electron chi connectivity index (χ1n) is 7.79. The molecule has 1 fully saturated rings. The predicted octanol–water partition coefficient (Wildman–Crippen LogP) is 1.48. The Morgan fingerprint density at radius 1 is 1.17 bits per heavy atom. The van der Waals surface area contributed by atoms with Gasteiger partial charge in [-0.25, -0.2) is 8.42 Å². The molecule has 24 heavy (non-hydrogen) atoms. The molecule has 1 unspecified atom stereocenters. The van der Waals surface area contributed by atoms with Gasteiger partial charge in [-0.3, -0.25) is 9.10 Å². The van der Waals surface area contributed by atoms with E-state index in [9.17, 15) is 13.2 Å². The van der Waals surface area contributed by atoms with Gasteiger partial charge in [0.05, 0.1) is 26.2 Å². The summed E-state index contributed by atoms with van der Waals surface area (Å²) in [6, 6.07) is 3.97. The molecule has 0 aromatic heterocycles. The molecule has 1 aliphatic heterocycles. The lowest BCUT2D eigenvalue weighted by Crippen LogP contribution is -2.48. The molecule has 134 valence electrons. The highest BCUT2D eigenvalue weighted by molar-refractivity contribution is 7.92. The van der Waals surface area contributed by atoms with E-state index in [0.717, 1.165) is 23.4 Å². The lowest BCUT2D eigenvalue weighted by atomic mass is 10.2. The molecule has 1 aromatic rings. The van der Waals surface area contributed by atoms with E-state index in [-0.39, 0.29) is 5.91 Å². The maximum atomic E-state index is 12.6. The van der Waals surface area contributed by atoms with Crippen LogP contribution in [0.25, 0.3) is 0 Å². The average molecular weight is 356 g/mol. The predicted molar refractivity (Wildman–Crippen MR) is 92.1 cm³/mol. The third kappa shape index (κ3) is 3.75. The van der Waals surface area contributed by atoms with Crippen LogP contribution in [0.1, 0.15) is 19.8 Å². The van der Waals surface area contributed by atoms with Gasteiger partial charge in [-0.1, -0.05) is 0 Å². The molecule has 7 nitrogen and oxygen atoms in total. The first-order chi connectivity index (χ1) is 11.3. The van der Waals surface area contributed by atoms with Crippen molar-refractivity contribution < 1.29 is 22.7 Å². The van der Waals surface area contributed by atoms with Gasteiger partial charge in [-0.15, -0.1) is 0 Å². The Labute approximate surface area is 143 Å². The molecule has 1 saturated heterocycles. The van der Waals surface area contributed by atoms with Gasteiger partial charge in [0.15, 0.2) is 11.5 Å². The maximum Gasteiger partial charge on any atom is 0.246 e. The molecule has 0 saturated carbocycles. The molecule has 1 atom stereocenters. The summed E-state index contributed by atoms with van der Waals surface area (Å²) in [6.07, 6.45) is 3.00. The Hall–Kier alpha value is -1.96. The zero-order valence-electron chi connectivity index (χ0n) is 14.5. The standard InChI is InChI=1S/C16H24N2O5S/c1-12(16(19)17-9-5-6-10-17)18(24(4,20)21)13-7-8-14(22-2)15(11-13)23-3/h7-8,11-12H,5-6,9-10H2,1-4H3. The topological polar surface area (TPSA) is 76.2 Å². The van der Waals surface area contributed by atoms with Crippen LogP contribution in [0, 0.1) is 0 Å². The van der Waals surface area contributed by atoms with Gasteiger partial charge in [0.25, 0.3) is 0 Å². The van der Waals surface area contributed by atoms with E-state index in [1.165, 1.54) is 14.2 Å². The number of anilines is 1. The van der Waals surface area contributed by atoms with Crippen LogP contribution >= 0.6 is 0 Å². The number of benzene rings is 1. The van der Waals surface area contributed by atoms with Gasteiger partial charge in [0.1, 0.15) is 6.04 Å². The first kappa shape index (κ1) is 18.4. The average Bonchev–Trinajstić information content (AvgIpc) is 3.07. The third-order valence-electron chi connectivity index (χ3n) is 4.11. The van der Waals surface area contributed by atoms with Crippen LogP contribution in [0.2, 0.25) is 0 Å². The minimum Gasteiger partial charge on any atom is -0.493 e. The summed E-state index contributed by atoms with van der Waals surface area (Å²) in [5.74, 6) is 0.713. The van der Waals surface area contributed by atoms with Crippen molar-refractivity contribution >= 4 is 21.6 Å². The van der Waals surface area contributed by atoms with Gasteiger partial charge in [-0.2, -0.15) is 0 Å². The minimum absolute atomic E-state index is 0.187. The number of sulfonamides is 1. The summed E-state index contributed by atoms with van der Waals surface area (Å²) in [5, 5.41) is 0. The van der Waals surface area contributed by atoms with Crippen LogP contribution in [-0.4, -0.2) is 58.8 Å². The molecule has 0 bridgehead atoms. The second-order valence-corrected chi connectivity index (χ2v) is 7.67. The van der Waals surface area contributed by atoms with Crippen LogP contribution in [-0.2, 0) is 14.8 Å². The summed E-state index contributed by atoms with van der Waals surface area (Å²) in [7, 11) is -0.664. The fourth-order valence-electron chi connectivity index (χ4n) is 2.97. The van der Waals surface area contributed by atoms with E-state index in [1.54, 1.807) is 30.0 Å². The number of amides is 1. The van der Waals surface area contributed by atoms with Crippen molar-refractivity contribution in [3.05, 3.63) is 18.2 Å². The Morgan fingerprint density at radius 2 is 1.75 bits per heavy atom. The molecule has 1 aromatic carbocycles. The van der Waals surface area contributed by atoms with Gasteiger partial charge < -0.3 is 14.4 Å². The summed E-state index contributed by atoms with van der Waals surface area (Å²) in [5.41, 5.74) is 0.371. The highest BCUT2D eigenvalue weighted by atomic mass is 32.2. The quantitative estimate of drug-likeness (QED) is 0.772. The van der Waals surface area contributed by atoms with Gasteiger partial charge in [-0.05, 0) is 31.9 Å². The van der Waals surface area contributed by atoms with E-state index < -0.39 is 16.1 Å². The molecule has 2 rings (SSSR count). The largest absolute Gasteiger partial charge is 0.493 e. The highest BCUT2D eigenvalue weighted by Crippen LogP contribution is 2.33. The highest BCUT2D eigenvalue weighted by Gasteiger charge is 2.33.